The molecule has 0 bridgehead atoms. The fourth-order valence-corrected chi connectivity index (χ4v) is 4.35. The smallest absolute Gasteiger partial charge is 0.0755 e. The van der Waals surface area contributed by atoms with Crippen LogP contribution in [0.1, 0.15) is 24.8 Å². The van der Waals surface area contributed by atoms with Crippen molar-refractivity contribution in [1.29, 1.82) is 0 Å². The number of hydrogen-bond acceptors (Lipinski definition) is 3. The summed E-state index contributed by atoms with van der Waals surface area (Å²) in [6, 6.07) is 3.01. The summed E-state index contributed by atoms with van der Waals surface area (Å²) in [7, 11) is 0. The van der Waals surface area contributed by atoms with Crippen LogP contribution in [-0.4, -0.2) is 19.1 Å². The van der Waals surface area contributed by atoms with Gasteiger partial charge in [-0.15, -0.1) is 11.3 Å². The molecule has 0 atom stereocenters. The van der Waals surface area contributed by atoms with Crippen LogP contribution in [0.2, 0.25) is 0 Å². The van der Waals surface area contributed by atoms with Crippen molar-refractivity contribution in [1.82, 2.24) is 10.6 Å². The molecule has 2 nitrogen and oxygen atoms in total. The molecule has 2 rings (SSSR count). The summed E-state index contributed by atoms with van der Waals surface area (Å²) in [6.07, 6.45) is 3.96. The van der Waals surface area contributed by atoms with Gasteiger partial charge in [-0.25, -0.2) is 0 Å². The molecule has 0 radical (unpaired) electrons. The minimum absolute atomic E-state index is 0.835. The molecular weight excluding hydrogens is 352 g/mol. The van der Waals surface area contributed by atoms with E-state index < -0.39 is 0 Å². The van der Waals surface area contributed by atoms with Crippen LogP contribution in [0.4, 0.5) is 0 Å². The Kier molecular flexibility index (Phi) is 5.29. The van der Waals surface area contributed by atoms with E-state index in [0.717, 1.165) is 25.7 Å². The van der Waals surface area contributed by atoms with Crippen molar-refractivity contribution >= 4 is 43.2 Å². The molecule has 2 N–H and O–H groups in total. The van der Waals surface area contributed by atoms with Crippen molar-refractivity contribution in [3.05, 3.63) is 19.2 Å². The van der Waals surface area contributed by atoms with Gasteiger partial charge in [-0.05, 0) is 75.8 Å². The van der Waals surface area contributed by atoms with Gasteiger partial charge >= 0.3 is 0 Å². The SMILES string of the molecule is Brc1cc(CNCCCNC2CC2)c(Br)s1. The minimum atomic E-state index is 0.835. The molecule has 1 aliphatic carbocycles. The summed E-state index contributed by atoms with van der Waals surface area (Å²) in [4.78, 5) is 0. The van der Waals surface area contributed by atoms with E-state index in [1.165, 1.54) is 32.4 Å². The number of rotatable bonds is 7. The largest absolute Gasteiger partial charge is 0.314 e. The molecule has 90 valence electrons. The fourth-order valence-electron chi connectivity index (χ4n) is 1.52. The lowest BCUT2D eigenvalue weighted by molar-refractivity contribution is 0.593. The van der Waals surface area contributed by atoms with E-state index in [9.17, 15) is 0 Å². The molecule has 0 unspecified atom stereocenters. The van der Waals surface area contributed by atoms with Crippen molar-refractivity contribution in [2.24, 2.45) is 0 Å². The van der Waals surface area contributed by atoms with Crippen LogP contribution in [-0.2, 0) is 6.54 Å². The first-order valence-corrected chi connectivity index (χ1v) is 8.04. The van der Waals surface area contributed by atoms with Gasteiger partial charge in [-0.3, -0.25) is 0 Å². The van der Waals surface area contributed by atoms with E-state index in [0.29, 0.717) is 0 Å². The van der Waals surface area contributed by atoms with Gasteiger partial charge in [0, 0.05) is 12.6 Å². The first kappa shape index (κ1) is 13.0. The molecule has 1 aliphatic rings. The summed E-state index contributed by atoms with van der Waals surface area (Å²) >= 11 is 8.78. The molecule has 5 heteroatoms. The van der Waals surface area contributed by atoms with E-state index in [2.05, 4.69) is 48.6 Å². The zero-order chi connectivity index (χ0) is 11.4. The van der Waals surface area contributed by atoms with Gasteiger partial charge in [0.25, 0.3) is 0 Å². The third kappa shape index (κ3) is 4.45. The third-order valence-electron chi connectivity index (χ3n) is 2.58. The standard InChI is InChI=1S/C11H16Br2N2S/c12-10-6-8(11(13)16-10)7-14-4-1-5-15-9-2-3-9/h6,9,14-15H,1-5,7H2. The predicted octanol–water partition coefficient (Wildman–Crippen LogP) is 3.50. The lowest BCUT2D eigenvalue weighted by Gasteiger charge is -2.04. The quantitative estimate of drug-likeness (QED) is 0.720. The van der Waals surface area contributed by atoms with E-state index in [1.807, 2.05) is 0 Å². The molecule has 1 saturated carbocycles. The van der Waals surface area contributed by atoms with Crippen LogP contribution < -0.4 is 10.6 Å². The van der Waals surface area contributed by atoms with Crippen molar-refractivity contribution in [2.75, 3.05) is 13.1 Å². The highest BCUT2D eigenvalue weighted by Crippen LogP contribution is 2.31. The number of thiophene rings is 1. The van der Waals surface area contributed by atoms with Crippen molar-refractivity contribution in [3.63, 3.8) is 0 Å². The van der Waals surface area contributed by atoms with Gasteiger partial charge in [0.2, 0.25) is 0 Å². The Bertz CT molecular complexity index is 337. The average Bonchev–Trinajstić information content (AvgIpc) is 2.99. The Morgan fingerprint density at radius 2 is 2.12 bits per heavy atom. The molecule has 0 aliphatic heterocycles. The Labute approximate surface area is 117 Å². The highest BCUT2D eigenvalue weighted by atomic mass is 79.9. The van der Waals surface area contributed by atoms with Crippen LogP contribution in [0.3, 0.4) is 0 Å². The van der Waals surface area contributed by atoms with Crippen LogP contribution in [0.25, 0.3) is 0 Å². The second kappa shape index (κ2) is 6.50. The molecular formula is C11H16Br2N2S. The second-order valence-corrected chi connectivity index (χ2v) is 7.86. The normalized spacial score (nSPS) is 15.6. The van der Waals surface area contributed by atoms with E-state index in [-0.39, 0.29) is 0 Å². The predicted molar refractivity (Wildman–Crippen MR) is 77.1 cm³/mol. The maximum atomic E-state index is 3.56. The Hall–Kier alpha value is 0.580. The van der Waals surface area contributed by atoms with Gasteiger partial charge in [0.15, 0.2) is 0 Å². The molecule has 0 aromatic carbocycles. The lowest BCUT2D eigenvalue weighted by atomic mass is 10.3. The topological polar surface area (TPSA) is 24.1 Å². The zero-order valence-corrected chi connectivity index (χ0v) is 13.1. The van der Waals surface area contributed by atoms with Gasteiger partial charge in [0.05, 0.1) is 7.57 Å². The minimum Gasteiger partial charge on any atom is -0.314 e. The molecule has 1 aromatic heterocycles. The maximum Gasteiger partial charge on any atom is 0.0755 e. The zero-order valence-electron chi connectivity index (χ0n) is 9.06. The van der Waals surface area contributed by atoms with E-state index >= 15 is 0 Å². The molecule has 1 fully saturated rings. The van der Waals surface area contributed by atoms with Crippen LogP contribution in [0.15, 0.2) is 13.6 Å². The highest BCUT2D eigenvalue weighted by Gasteiger charge is 2.19. The summed E-state index contributed by atoms with van der Waals surface area (Å²) in [5, 5.41) is 6.98. The van der Waals surface area contributed by atoms with Gasteiger partial charge in [0.1, 0.15) is 0 Å². The molecule has 0 spiro atoms. The Balaban J connectivity index is 1.54. The molecule has 0 amide bonds. The average molecular weight is 368 g/mol. The Morgan fingerprint density at radius 3 is 2.75 bits per heavy atom. The molecule has 16 heavy (non-hydrogen) atoms. The monoisotopic (exact) mass is 366 g/mol. The summed E-state index contributed by atoms with van der Waals surface area (Å²) in [6.45, 7) is 3.18. The van der Waals surface area contributed by atoms with Crippen LogP contribution in [0, 0.1) is 0 Å². The molecule has 1 aromatic rings. The number of nitrogens with one attached hydrogen (secondary N) is 2. The van der Waals surface area contributed by atoms with Crippen LogP contribution >= 0.6 is 43.2 Å². The summed E-state index contributed by atoms with van der Waals surface area (Å²) in [5.41, 5.74) is 1.34. The molecule has 1 heterocycles. The van der Waals surface area contributed by atoms with Crippen molar-refractivity contribution in [3.8, 4) is 0 Å². The van der Waals surface area contributed by atoms with Gasteiger partial charge in [-0.2, -0.15) is 0 Å². The van der Waals surface area contributed by atoms with Crippen molar-refractivity contribution < 1.29 is 0 Å². The summed E-state index contributed by atoms with van der Waals surface area (Å²) < 4.78 is 2.41. The summed E-state index contributed by atoms with van der Waals surface area (Å²) in [5.74, 6) is 0. The van der Waals surface area contributed by atoms with Crippen molar-refractivity contribution in [2.45, 2.75) is 31.8 Å². The third-order valence-corrected chi connectivity index (χ3v) is 5.05. The maximum absolute atomic E-state index is 3.56. The number of halogens is 2. The fraction of sp³-hybridized carbons (Fsp3) is 0.636. The first-order chi connectivity index (χ1) is 7.75. The number of hydrogen-bond donors (Lipinski definition) is 2. The second-order valence-electron chi connectivity index (χ2n) is 4.11. The molecule has 0 saturated heterocycles. The van der Waals surface area contributed by atoms with Gasteiger partial charge < -0.3 is 10.6 Å². The highest BCUT2D eigenvalue weighted by molar-refractivity contribution is 9.12. The lowest BCUT2D eigenvalue weighted by Crippen LogP contribution is -2.23. The van der Waals surface area contributed by atoms with E-state index in [1.54, 1.807) is 11.3 Å². The first-order valence-electron chi connectivity index (χ1n) is 5.63. The van der Waals surface area contributed by atoms with Crippen LogP contribution in [0.5, 0.6) is 0 Å². The Morgan fingerprint density at radius 1 is 1.31 bits per heavy atom. The van der Waals surface area contributed by atoms with E-state index in [4.69, 9.17) is 0 Å². The van der Waals surface area contributed by atoms with Gasteiger partial charge in [-0.1, -0.05) is 0 Å².